The monoisotopic (exact) mass is 423 g/mol. The van der Waals surface area contributed by atoms with Crippen LogP contribution in [0.25, 0.3) is 23.1 Å². The quantitative estimate of drug-likeness (QED) is 0.462. The van der Waals surface area contributed by atoms with Crippen LogP contribution in [0.3, 0.4) is 0 Å². The van der Waals surface area contributed by atoms with Gasteiger partial charge in [-0.3, -0.25) is 0 Å². The molecule has 2 N–H and O–H groups in total. The summed E-state index contributed by atoms with van der Waals surface area (Å²) >= 11 is 0. The molecule has 0 fully saturated rings. The maximum atomic E-state index is 12.0. The highest BCUT2D eigenvalue weighted by Crippen LogP contribution is 2.14. The van der Waals surface area contributed by atoms with E-state index in [1.165, 1.54) is 0 Å². The molecule has 0 bridgehead atoms. The van der Waals surface area contributed by atoms with E-state index in [-0.39, 0.29) is 12.2 Å². The zero-order valence-corrected chi connectivity index (χ0v) is 15.3. The molecule has 3 aromatic rings. The summed E-state index contributed by atoms with van der Waals surface area (Å²) in [5.41, 5.74) is 1.15. The van der Waals surface area contributed by atoms with Crippen LogP contribution < -0.4 is 33.9 Å². The number of rotatable bonds is 5. The van der Waals surface area contributed by atoms with E-state index in [0.29, 0.717) is 22.6 Å². The van der Waals surface area contributed by atoms with Gasteiger partial charge in [-0.15, -0.1) is 15.2 Å². The number of ether oxygens (including phenoxy) is 1. The van der Waals surface area contributed by atoms with Gasteiger partial charge in [0, 0.05) is 0 Å². The van der Waals surface area contributed by atoms with Gasteiger partial charge in [0.25, 0.3) is 0 Å². The topological polar surface area (TPSA) is 183 Å². The molecule has 0 spiro atoms. The lowest BCUT2D eigenvalue weighted by Gasteiger charge is -2.17. The highest BCUT2D eigenvalue weighted by Gasteiger charge is 2.09. The summed E-state index contributed by atoms with van der Waals surface area (Å²) in [5.74, 6) is -0.218. The molecule has 29 heavy (non-hydrogen) atoms. The molecule has 0 saturated heterocycles. The predicted octanol–water partition coefficient (Wildman–Crippen LogP) is -2.52. The van der Waals surface area contributed by atoms with Crippen molar-refractivity contribution >= 4 is 29.1 Å². The largest absolute Gasteiger partial charge is 0.482 e. The number of H-pyrrole nitrogens is 1. The Hall–Kier alpha value is -3.28. The van der Waals surface area contributed by atoms with Gasteiger partial charge in [-0.1, -0.05) is 24.3 Å². The molecule has 2 aromatic carbocycles. The number of aliphatic carboxylic acids is 1. The molecule has 0 atom stereocenters. The third-order valence-corrected chi connectivity index (χ3v) is 3.26. The zero-order chi connectivity index (χ0) is 21.4. The molecule has 1 aromatic heterocycles. The average Bonchev–Trinajstić information content (AvgIpc) is 2.64. The molecule has 11 heteroatoms. The van der Waals surface area contributed by atoms with Crippen molar-refractivity contribution in [1.82, 2.24) is 0 Å². The molecule has 0 aliphatic rings. The van der Waals surface area contributed by atoms with Crippen molar-refractivity contribution in [3.05, 3.63) is 70.3 Å². The molecule has 0 radical (unpaired) electrons. The van der Waals surface area contributed by atoms with Gasteiger partial charge >= 0.3 is 17.4 Å². The zero-order valence-electron chi connectivity index (χ0n) is 14.6. The van der Waals surface area contributed by atoms with E-state index in [0.717, 1.165) is 5.56 Å². The van der Waals surface area contributed by atoms with E-state index in [2.05, 4.69) is 4.98 Å². The number of carbonyl (C=O) groups is 1. The number of hydrogen-bond donors (Lipinski definition) is 1. The van der Waals surface area contributed by atoms with E-state index in [1.54, 1.807) is 60.7 Å². The standard InChI is InChI=1S/C18H13NO5.ClHO4/c20-17(21)11-23-13-8-5-12(6-9-13)7-10-16-19-18(22)14-3-1-2-4-15(14)24-16;2-1(3,4)5/h1-10H,11H2,(H,20,21);(H,2,3,4,5). The summed E-state index contributed by atoms with van der Waals surface area (Å²) in [6.45, 7) is -0.383. The van der Waals surface area contributed by atoms with Crippen LogP contribution in [-0.2, 0) is 4.79 Å². The van der Waals surface area contributed by atoms with Crippen molar-refractivity contribution < 1.29 is 52.9 Å². The van der Waals surface area contributed by atoms with Crippen molar-refractivity contribution in [2.24, 2.45) is 0 Å². The molecule has 10 nitrogen and oxygen atoms in total. The molecule has 0 aliphatic heterocycles. The number of nitrogens with one attached hydrogen (secondary N) is 1. The molecular weight excluding hydrogens is 410 g/mol. The lowest BCUT2D eigenvalue weighted by Crippen LogP contribution is -2.68. The Morgan fingerprint density at radius 3 is 2.31 bits per heavy atom. The van der Waals surface area contributed by atoms with Crippen molar-refractivity contribution in [3.63, 3.8) is 0 Å². The smallest absolute Gasteiger partial charge is 0.424 e. The second kappa shape index (κ2) is 9.78. The van der Waals surface area contributed by atoms with Crippen molar-refractivity contribution in [1.29, 1.82) is 0 Å². The number of halogens is 1. The molecule has 0 amide bonds. The highest BCUT2D eigenvalue weighted by molar-refractivity contribution is 5.75. The number of benzene rings is 2. The molecule has 0 unspecified atom stereocenters. The third kappa shape index (κ3) is 8.09. The summed E-state index contributed by atoms with van der Waals surface area (Å²) in [4.78, 5) is 25.1. The molecule has 0 saturated carbocycles. The van der Waals surface area contributed by atoms with Crippen LogP contribution in [0, 0.1) is 10.2 Å². The molecule has 152 valence electrons. The second-order valence-electron chi connectivity index (χ2n) is 5.38. The molecule has 3 rings (SSSR count). The predicted molar refractivity (Wildman–Crippen MR) is 87.5 cm³/mol. The Balaban J connectivity index is 0.000000537. The minimum atomic E-state index is -4.94. The van der Waals surface area contributed by atoms with Crippen LogP contribution in [-0.4, -0.2) is 17.7 Å². The van der Waals surface area contributed by atoms with E-state index in [9.17, 15) is 9.59 Å². The van der Waals surface area contributed by atoms with E-state index < -0.39 is 16.2 Å². The van der Waals surface area contributed by atoms with Crippen LogP contribution in [0.15, 0.2) is 57.7 Å². The number of hydrogen-bond acceptors (Lipinski definition) is 8. The maximum Gasteiger partial charge on any atom is 0.424 e. The number of aromatic nitrogens is 1. The van der Waals surface area contributed by atoms with E-state index in [4.69, 9.17) is 32.9 Å². The molecule has 0 aliphatic carbocycles. The summed E-state index contributed by atoms with van der Waals surface area (Å²) < 4.78 is 44.7. The molecular formula is C18H14ClNO9. The van der Waals surface area contributed by atoms with Crippen LogP contribution >= 0.6 is 0 Å². The third-order valence-electron chi connectivity index (χ3n) is 3.26. The maximum absolute atomic E-state index is 12.0. The van der Waals surface area contributed by atoms with Crippen LogP contribution in [0.1, 0.15) is 11.5 Å². The van der Waals surface area contributed by atoms with E-state index >= 15 is 0 Å². The highest BCUT2D eigenvalue weighted by atomic mass is 35.7. The fourth-order valence-electron chi connectivity index (χ4n) is 2.13. The lowest BCUT2D eigenvalue weighted by atomic mass is 10.2. The van der Waals surface area contributed by atoms with Gasteiger partial charge < -0.3 is 14.3 Å². The Morgan fingerprint density at radius 1 is 1.07 bits per heavy atom. The van der Waals surface area contributed by atoms with Gasteiger partial charge in [0.1, 0.15) is 11.1 Å². The lowest BCUT2D eigenvalue weighted by molar-refractivity contribution is -2.00. The Bertz CT molecular complexity index is 1050. The number of fused-ring (bicyclic) bond motifs is 1. The Kier molecular flexibility index (Phi) is 7.42. The first-order valence-electron chi connectivity index (χ1n) is 7.81. The number of para-hydroxylation sites is 1. The van der Waals surface area contributed by atoms with Crippen molar-refractivity contribution in [3.8, 4) is 5.75 Å². The minimum absolute atomic E-state index is 0.214. The molecule has 1 heterocycles. The normalized spacial score (nSPS) is 11.2. The van der Waals surface area contributed by atoms with Gasteiger partial charge in [0.2, 0.25) is 0 Å². The summed E-state index contributed by atoms with van der Waals surface area (Å²) in [6.07, 6.45) is 3.42. The van der Waals surface area contributed by atoms with Gasteiger partial charge in [-0.25, -0.2) is 28.2 Å². The fourth-order valence-corrected chi connectivity index (χ4v) is 2.13. The number of aromatic amines is 1. The fraction of sp³-hybridized carbons (Fsp3) is 0.0556. The second-order valence-corrected chi connectivity index (χ2v) is 6.14. The number of carboxylic acids is 1. The summed E-state index contributed by atoms with van der Waals surface area (Å²) in [6, 6.07) is 13.9. The van der Waals surface area contributed by atoms with Crippen LogP contribution in [0.4, 0.5) is 0 Å². The van der Waals surface area contributed by atoms with Gasteiger partial charge in [-0.05, 0) is 35.9 Å². The first-order chi connectivity index (χ1) is 13.6. The summed E-state index contributed by atoms with van der Waals surface area (Å²) in [7, 11) is -4.94. The van der Waals surface area contributed by atoms with Gasteiger partial charge in [-0.2, -0.15) is 0 Å². The van der Waals surface area contributed by atoms with Gasteiger partial charge in [0.05, 0.1) is 6.08 Å². The Labute approximate surface area is 165 Å². The van der Waals surface area contributed by atoms with Crippen molar-refractivity contribution in [2.45, 2.75) is 0 Å². The van der Waals surface area contributed by atoms with Crippen LogP contribution in [0.5, 0.6) is 5.75 Å². The van der Waals surface area contributed by atoms with E-state index in [1.807, 2.05) is 0 Å². The van der Waals surface area contributed by atoms with Gasteiger partial charge in [0.15, 0.2) is 12.2 Å². The Morgan fingerprint density at radius 2 is 1.69 bits per heavy atom. The first-order valence-corrected chi connectivity index (χ1v) is 9.05. The minimum Gasteiger partial charge on any atom is -0.482 e. The van der Waals surface area contributed by atoms with Crippen molar-refractivity contribution in [2.75, 3.05) is 6.61 Å². The first kappa shape index (κ1) is 22.0. The SMILES string of the molecule is O=C(O)COc1ccc(C=Cc2[nH+]c(=O)c3ccccc3o2)cc1.[O-][Cl+3]([O-])([O-])[O-]. The summed E-state index contributed by atoms with van der Waals surface area (Å²) in [5, 5.41) is 9.06. The number of carboxylic acid groups (broad SMARTS) is 1. The van der Waals surface area contributed by atoms with Crippen LogP contribution in [0.2, 0.25) is 0 Å². The average molecular weight is 424 g/mol.